The van der Waals surface area contributed by atoms with E-state index in [9.17, 15) is 9.59 Å². The molecule has 30 heavy (non-hydrogen) atoms. The molecule has 0 bridgehead atoms. The van der Waals surface area contributed by atoms with Gasteiger partial charge in [-0.3, -0.25) is 0 Å². The van der Waals surface area contributed by atoms with Crippen molar-refractivity contribution >= 4 is 28.0 Å². The first-order valence-electron chi connectivity index (χ1n) is 9.52. The van der Waals surface area contributed by atoms with Gasteiger partial charge in [-0.05, 0) is 28.8 Å². The first-order chi connectivity index (χ1) is 14.6. The number of halogens is 1. The zero-order chi connectivity index (χ0) is 21.2. The molecule has 0 aliphatic carbocycles. The van der Waals surface area contributed by atoms with Gasteiger partial charge in [0.05, 0.1) is 0 Å². The van der Waals surface area contributed by atoms with Gasteiger partial charge in [0.1, 0.15) is 19.3 Å². The van der Waals surface area contributed by atoms with Crippen LogP contribution in [0.2, 0.25) is 0 Å². The Kier molecular flexibility index (Phi) is 8.03. The fourth-order valence-corrected chi connectivity index (χ4v) is 3.05. The van der Waals surface area contributed by atoms with Gasteiger partial charge in [0, 0.05) is 10.9 Å². The normalized spacial score (nSPS) is 11.4. The molecular formula is C24H22BrNO4. The van der Waals surface area contributed by atoms with Crippen LogP contribution in [0.25, 0.3) is 0 Å². The van der Waals surface area contributed by atoms with Gasteiger partial charge in [-0.1, -0.05) is 88.7 Å². The molecule has 154 valence electrons. The molecule has 0 fully saturated rings. The number of hydrogen-bond donors (Lipinski definition) is 1. The van der Waals surface area contributed by atoms with Crippen molar-refractivity contribution in [1.82, 2.24) is 5.32 Å². The van der Waals surface area contributed by atoms with E-state index in [1.165, 1.54) is 0 Å². The van der Waals surface area contributed by atoms with Crippen molar-refractivity contribution in [2.24, 2.45) is 0 Å². The predicted octanol–water partition coefficient (Wildman–Crippen LogP) is 5.03. The third-order valence-corrected chi connectivity index (χ3v) is 4.90. The Morgan fingerprint density at radius 2 is 1.27 bits per heavy atom. The molecule has 1 atom stereocenters. The summed E-state index contributed by atoms with van der Waals surface area (Å²) < 4.78 is 11.6. The lowest BCUT2D eigenvalue weighted by Crippen LogP contribution is -2.43. The Balaban J connectivity index is 1.62. The Labute approximate surface area is 184 Å². The molecule has 1 N–H and O–H groups in total. The van der Waals surface area contributed by atoms with Gasteiger partial charge >= 0.3 is 12.1 Å². The maximum Gasteiger partial charge on any atom is 0.408 e. The van der Waals surface area contributed by atoms with E-state index in [2.05, 4.69) is 21.2 Å². The Morgan fingerprint density at radius 3 is 1.83 bits per heavy atom. The van der Waals surface area contributed by atoms with Crippen LogP contribution in [0.3, 0.4) is 0 Å². The fraction of sp³-hybridized carbons (Fsp3) is 0.167. The summed E-state index contributed by atoms with van der Waals surface area (Å²) in [5.74, 6) is -0.515. The average Bonchev–Trinajstić information content (AvgIpc) is 2.78. The summed E-state index contributed by atoms with van der Waals surface area (Å²) in [6.45, 7) is 0.258. The van der Waals surface area contributed by atoms with Crippen LogP contribution in [0.4, 0.5) is 4.79 Å². The lowest BCUT2D eigenvalue weighted by molar-refractivity contribution is -0.147. The van der Waals surface area contributed by atoms with Gasteiger partial charge in [-0.25, -0.2) is 9.59 Å². The number of nitrogens with one attached hydrogen (secondary N) is 1. The first-order valence-corrected chi connectivity index (χ1v) is 10.3. The lowest BCUT2D eigenvalue weighted by atomic mass is 10.1. The van der Waals surface area contributed by atoms with Gasteiger partial charge < -0.3 is 14.8 Å². The van der Waals surface area contributed by atoms with Crippen LogP contribution in [-0.4, -0.2) is 18.1 Å². The van der Waals surface area contributed by atoms with E-state index < -0.39 is 18.1 Å². The van der Waals surface area contributed by atoms with Crippen molar-refractivity contribution in [2.45, 2.75) is 25.7 Å². The second-order valence-electron chi connectivity index (χ2n) is 6.68. The lowest BCUT2D eigenvalue weighted by Gasteiger charge is -2.18. The Morgan fingerprint density at radius 1 is 0.733 bits per heavy atom. The van der Waals surface area contributed by atoms with Crippen LogP contribution < -0.4 is 5.32 Å². The Bertz CT molecular complexity index is 946. The minimum atomic E-state index is -0.863. The highest BCUT2D eigenvalue weighted by atomic mass is 79.9. The third-order valence-electron chi connectivity index (χ3n) is 4.37. The van der Waals surface area contributed by atoms with Gasteiger partial charge in [0.2, 0.25) is 0 Å². The summed E-state index contributed by atoms with van der Waals surface area (Å²) >= 11 is 3.39. The van der Waals surface area contributed by atoms with E-state index in [0.29, 0.717) is 6.42 Å². The molecule has 0 radical (unpaired) electrons. The van der Waals surface area contributed by atoms with Crippen LogP contribution in [-0.2, 0) is 33.9 Å². The predicted molar refractivity (Wildman–Crippen MR) is 118 cm³/mol. The highest BCUT2D eigenvalue weighted by molar-refractivity contribution is 9.10. The molecule has 0 aromatic heterocycles. The monoisotopic (exact) mass is 467 g/mol. The standard InChI is InChI=1S/C24H22BrNO4/c25-21-13-11-18(12-14-21)15-22(23(27)29-16-19-7-3-1-4-8-19)26-24(28)30-17-20-9-5-2-6-10-20/h1-14,22H,15-17H2,(H,26,28). The summed E-state index contributed by atoms with van der Waals surface area (Å²) in [5, 5.41) is 2.64. The molecule has 3 aromatic carbocycles. The topological polar surface area (TPSA) is 64.6 Å². The van der Waals surface area contributed by atoms with Crippen molar-refractivity contribution in [1.29, 1.82) is 0 Å². The van der Waals surface area contributed by atoms with Crippen LogP contribution in [0.1, 0.15) is 16.7 Å². The van der Waals surface area contributed by atoms with E-state index in [-0.39, 0.29) is 13.2 Å². The molecular weight excluding hydrogens is 446 g/mol. The molecule has 0 spiro atoms. The minimum Gasteiger partial charge on any atom is -0.459 e. The molecule has 5 nitrogen and oxygen atoms in total. The van der Waals surface area contributed by atoms with Crippen molar-refractivity contribution in [3.63, 3.8) is 0 Å². The highest BCUT2D eigenvalue weighted by Gasteiger charge is 2.23. The van der Waals surface area contributed by atoms with E-state index >= 15 is 0 Å². The molecule has 0 saturated heterocycles. The first kappa shape index (κ1) is 21.6. The summed E-state index contributed by atoms with van der Waals surface area (Å²) in [5.41, 5.74) is 2.63. The van der Waals surface area contributed by atoms with Gasteiger partial charge in [-0.15, -0.1) is 0 Å². The Hall–Kier alpha value is -3.12. The van der Waals surface area contributed by atoms with E-state index in [0.717, 1.165) is 21.2 Å². The van der Waals surface area contributed by atoms with Crippen molar-refractivity contribution in [3.8, 4) is 0 Å². The van der Waals surface area contributed by atoms with Gasteiger partial charge in [0.15, 0.2) is 0 Å². The second kappa shape index (κ2) is 11.2. The fourth-order valence-electron chi connectivity index (χ4n) is 2.79. The van der Waals surface area contributed by atoms with Crippen LogP contribution in [0.5, 0.6) is 0 Å². The number of amides is 1. The quantitative estimate of drug-likeness (QED) is 0.471. The average molecular weight is 468 g/mol. The largest absolute Gasteiger partial charge is 0.459 e. The zero-order valence-electron chi connectivity index (χ0n) is 16.3. The number of rotatable bonds is 8. The molecule has 3 rings (SSSR count). The third kappa shape index (κ3) is 7.04. The zero-order valence-corrected chi connectivity index (χ0v) is 17.9. The molecule has 0 aliphatic heterocycles. The number of carbonyl (C=O) groups excluding carboxylic acids is 2. The summed E-state index contributed by atoms with van der Waals surface area (Å²) in [7, 11) is 0. The number of alkyl carbamates (subject to hydrolysis) is 1. The second-order valence-corrected chi connectivity index (χ2v) is 7.60. The highest BCUT2D eigenvalue weighted by Crippen LogP contribution is 2.13. The molecule has 0 heterocycles. The summed E-state index contributed by atoms with van der Waals surface area (Å²) in [6.07, 6.45) is -0.376. The van der Waals surface area contributed by atoms with Gasteiger partial charge in [-0.2, -0.15) is 0 Å². The van der Waals surface area contributed by atoms with Crippen molar-refractivity contribution < 1.29 is 19.1 Å². The van der Waals surface area contributed by atoms with Gasteiger partial charge in [0.25, 0.3) is 0 Å². The molecule has 0 aliphatic rings. The number of ether oxygens (including phenoxy) is 2. The van der Waals surface area contributed by atoms with Crippen LogP contribution in [0, 0.1) is 0 Å². The summed E-state index contributed by atoms with van der Waals surface area (Å²) in [4.78, 5) is 25.0. The molecule has 0 saturated carbocycles. The van der Waals surface area contributed by atoms with Crippen LogP contribution >= 0.6 is 15.9 Å². The smallest absolute Gasteiger partial charge is 0.408 e. The minimum absolute atomic E-state index is 0.122. The number of esters is 1. The number of benzene rings is 3. The van der Waals surface area contributed by atoms with Crippen molar-refractivity contribution in [2.75, 3.05) is 0 Å². The van der Waals surface area contributed by atoms with E-state index in [1.807, 2.05) is 84.9 Å². The maximum atomic E-state index is 12.7. The summed E-state index contributed by atoms with van der Waals surface area (Å²) in [6, 6.07) is 25.4. The molecule has 3 aromatic rings. The van der Waals surface area contributed by atoms with E-state index in [4.69, 9.17) is 9.47 Å². The maximum absolute atomic E-state index is 12.7. The SMILES string of the molecule is O=C(NC(Cc1ccc(Br)cc1)C(=O)OCc1ccccc1)OCc1ccccc1. The number of hydrogen-bond acceptors (Lipinski definition) is 4. The van der Waals surface area contributed by atoms with Crippen molar-refractivity contribution in [3.05, 3.63) is 106 Å². The van der Waals surface area contributed by atoms with E-state index in [1.54, 1.807) is 0 Å². The molecule has 1 amide bonds. The van der Waals surface area contributed by atoms with Crippen LogP contribution in [0.15, 0.2) is 89.4 Å². The molecule has 1 unspecified atom stereocenters. The number of carbonyl (C=O) groups is 2. The molecule has 6 heteroatoms.